The number of benzene rings is 2. The van der Waals surface area contributed by atoms with Gasteiger partial charge in [0.2, 0.25) is 0 Å². The van der Waals surface area contributed by atoms with Crippen LogP contribution in [0.3, 0.4) is 0 Å². The van der Waals surface area contributed by atoms with E-state index in [-0.39, 0.29) is 11.1 Å². The molecule has 0 bridgehead atoms. The van der Waals surface area contributed by atoms with E-state index in [4.69, 9.17) is 0 Å². The first-order valence-corrected chi connectivity index (χ1v) is 5.49. The van der Waals surface area contributed by atoms with Crippen molar-refractivity contribution in [3.8, 4) is 16.9 Å². The van der Waals surface area contributed by atoms with Crippen LogP contribution in [0.25, 0.3) is 11.1 Å². The number of hydrogen-bond donors (Lipinski definition) is 0. The number of halogens is 4. The Morgan fingerprint density at radius 3 is 2.21 bits per heavy atom. The first kappa shape index (κ1) is 13.4. The molecule has 0 fully saturated rings. The predicted octanol–water partition coefficient (Wildman–Crippen LogP) is 4.70. The minimum Gasteiger partial charge on any atom is -0.405 e. The fraction of sp³-hybridized carbons (Fsp3) is 0.143. The molecule has 0 N–H and O–H groups in total. The van der Waals surface area contributed by atoms with Gasteiger partial charge in [-0.15, -0.1) is 13.2 Å². The largest absolute Gasteiger partial charge is 0.573 e. The molecule has 0 saturated heterocycles. The molecule has 100 valence electrons. The van der Waals surface area contributed by atoms with Crippen LogP contribution in [0.1, 0.15) is 5.56 Å². The monoisotopic (exact) mass is 270 g/mol. The highest BCUT2D eigenvalue weighted by Crippen LogP contribution is 2.35. The molecule has 0 unspecified atom stereocenters. The highest BCUT2D eigenvalue weighted by molar-refractivity contribution is 5.71. The number of ether oxygens (including phenoxy) is 1. The number of hydrogen-bond acceptors (Lipinski definition) is 1. The molecular weight excluding hydrogens is 260 g/mol. The normalized spacial score (nSPS) is 11.4. The Balaban J connectivity index is 2.54. The summed E-state index contributed by atoms with van der Waals surface area (Å²) in [7, 11) is 0. The van der Waals surface area contributed by atoms with Gasteiger partial charge < -0.3 is 4.74 Å². The van der Waals surface area contributed by atoms with Crippen molar-refractivity contribution >= 4 is 0 Å². The van der Waals surface area contributed by atoms with Gasteiger partial charge in [-0.3, -0.25) is 0 Å². The first-order chi connectivity index (χ1) is 8.88. The third-order valence-electron chi connectivity index (χ3n) is 2.59. The second-order valence-corrected chi connectivity index (χ2v) is 3.98. The Morgan fingerprint density at radius 1 is 0.895 bits per heavy atom. The van der Waals surface area contributed by atoms with Crippen molar-refractivity contribution in [2.45, 2.75) is 13.3 Å². The van der Waals surface area contributed by atoms with Gasteiger partial charge in [-0.25, -0.2) is 4.39 Å². The summed E-state index contributed by atoms with van der Waals surface area (Å²) in [6.07, 6.45) is -4.81. The van der Waals surface area contributed by atoms with E-state index < -0.39 is 17.9 Å². The van der Waals surface area contributed by atoms with Crippen molar-refractivity contribution in [1.29, 1.82) is 0 Å². The maximum absolute atomic E-state index is 14.0. The summed E-state index contributed by atoms with van der Waals surface area (Å²) >= 11 is 0. The van der Waals surface area contributed by atoms with Crippen molar-refractivity contribution in [2.75, 3.05) is 0 Å². The van der Waals surface area contributed by atoms with Crippen LogP contribution in [-0.4, -0.2) is 6.36 Å². The fourth-order valence-electron chi connectivity index (χ4n) is 1.76. The number of para-hydroxylation sites is 1. The van der Waals surface area contributed by atoms with Crippen LogP contribution in [0.5, 0.6) is 5.75 Å². The number of aryl methyl sites for hydroxylation is 1. The molecule has 0 atom stereocenters. The van der Waals surface area contributed by atoms with Crippen LogP contribution >= 0.6 is 0 Å². The molecule has 0 aromatic heterocycles. The van der Waals surface area contributed by atoms with E-state index in [1.807, 2.05) is 0 Å². The Morgan fingerprint density at radius 2 is 1.53 bits per heavy atom. The third kappa shape index (κ3) is 3.05. The molecule has 19 heavy (non-hydrogen) atoms. The quantitative estimate of drug-likeness (QED) is 0.719. The molecule has 0 aliphatic carbocycles. The standard InChI is InChI=1S/C14H10F4O/c1-9-5-4-7-11(13(9)15)10-6-2-3-8-12(10)19-14(16,17)18/h2-8H,1H3. The van der Waals surface area contributed by atoms with Crippen LogP contribution in [-0.2, 0) is 0 Å². The van der Waals surface area contributed by atoms with Gasteiger partial charge in [0.05, 0.1) is 0 Å². The second kappa shape index (κ2) is 4.91. The van der Waals surface area contributed by atoms with Gasteiger partial charge in [0.1, 0.15) is 11.6 Å². The molecule has 2 aromatic rings. The minimum atomic E-state index is -4.81. The maximum Gasteiger partial charge on any atom is 0.573 e. The molecule has 0 amide bonds. The van der Waals surface area contributed by atoms with Gasteiger partial charge in [0.25, 0.3) is 0 Å². The zero-order valence-electron chi connectivity index (χ0n) is 9.96. The molecule has 2 aromatic carbocycles. The third-order valence-corrected chi connectivity index (χ3v) is 2.59. The lowest BCUT2D eigenvalue weighted by molar-refractivity contribution is -0.274. The van der Waals surface area contributed by atoms with Gasteiger partial charge in [0.15, 0.2) is 0 Å². The van der Waals surface area contributed by atoms with E-state index in [1.165, 1.54) is 24.3 Å². The van der Waals surface area contributed by atoms with Crippen molar-refractivity contribution < 1.29 is 22.3 Å². The molecule has 1 nitrogen and oxygen atoms in total. The van der Waals surface area contributed by atoms with E-state index in [1.54, 1.807) is 19.1 Å². The molecule has 0 heterocycles. The maximum atomic E-state index is 14.0. The summed E-state index contributed by atoms with van der Waals surface area (Å²) < 4.78 is 54.8. The molecule has 0 aliphatic rings. The Bertz CT molecular complexity index is 590. The molecule has 0 saturated carbocycles. The summed E-state index contributed by atoms with van der Waals surface area (Å²) in [6.45, 7) is 1.55. The van der Waals surface area contributed by atoms with Crippen LogP contribution in [0, 0.1) is 12.7 Å². The summed E-state index contributed by atoms with van der Waals surface area (Å²) in [5, 5.41) is 0. The van der Waals surface area contributed by atoms with E-state index in [9.17, 15) is 17.6 Å². The van der Waals surface area contributed by atoms with E-state index in [0.717, 1.165) is 6.07 Å². The molecular formula is C14H10F4O. The van der Waals surface area contributed by atoms with Gasteiger partial charge in [-0.1, -0.05) is 36.4 Å². The smallest absolute Gasteiger partial charge is 0.405 e. The van der Waals surface area contributed by atoms with Crippen molar-refractivity contribution in [3.63, 3.8) is 0 Å². The van der Waals surface area contributed by atoms with E-state index >= 15 is 0 Å². The number of alkyl halides is 3. The number of rotatable bonds is 2. The highest BCUT2D eigenvalue weighted by Gasteiger charge is 2.32. The van der Waals surface area contributed by atoms with Crippen molar-refractivity contribution in [3.05, 3.63) is 53.8 Å². The van der Waals surface area contributed by atoms with E-state index in [2.05, 4.69) is 4.74 Å². The average molecular weight is 270 g/mol. The van der Waals surface area contributed by atoms with Crippen molar-refractivity contribution in [2.24, 2.45) is 0 Å². The Hall–Kier alpha value is -2.04. The average Bonchev–Trinajstić information content (AvgIpc) is 2.32. The zero-order valence-corrected chi connectivity index (χ0v) is 9.96. The van der Waals surface area contributed by atoms with Crippen LogP contribution < -0.4 is 4.74 Å². The Kier molecular flexibility index (Phi) is 3.46. The lowest BCUT2D eigenvalue weighted by Crippen LogP contribution is -2.17. The summed E-state index contributed by atoms with van der Waals surface area (Å²) in [4.78, 5) is 0. The Labute approximate surface area is 107 Å². The minimum absolute atomic E-state index is 0.0704. The van der Waals surface area contributed by atoms with Crippen molar-refractivity contribution in [1.82, 2.24) is 0 Å². The lowest BCUT2D eigenvalue weighted by atomic mass is 10.0. The summed E-state index contributed by atoms with van der Waals surface area (Å²) in [6, 6.07) is 10.0. The SMILES string of the molecule is Cc1cccc(-c2ccccc2OC(F)(F)F)c1F. The topological polar surface area (TPSA) is 9.23 Å². The molecule has 0 spiro atoms. The van der Waals surface area contributed by atoms with Crippen LogP contribution in [0.15, 0.2) is 42.5 Å². The predicted molar refractivity (Wildman–Crippen MR) is 63.3 cm³/mol. The zero-order chi connectivity index (χ0) is 14.0. The van der Waals surface area contributed by atoms with E-state index in [0.29, 0.717) is 5.56 Å². The molecule has 0 radical (unpaired) electrons. The van der Waals surface area contributed by atoms with Crippen LogP contribution in [0.4, 0.5) is 17.6 Å². The van der Waals surface area contributed by atoms with Gasteiger partial charge >= 0.3 is 6.36 Å². The summed E-state index contributed by atoms with van der Waals surface area (Å²) in [5.74, 6) is -0.972. The molecule has 5 heteroatoms. The van der Waals surface area contributed by atoms with Gasteiger partial charge in [-0.05, 0) is 18.6 Å². The second-order valence-electron chi connectivity index (χ2n) is 3.98. The lowest BCUT2D eigenvalue weighted by Gasteiger charge is -2.14. The molecule has 2 rings (SSSR count). The highest BCUT2D eigenvalue weighted by atomic mass is 19.4. The van der Waals surface area contributed by atoms with Gasteiger partial charge in [0, 0.05) is 11.1 Å². The first-order valence-electron chi connectivity index (χ1n) is 5.49. The molecule has 0 aliphatic heterocycles. The fourth-order valence-corrected chi connectivity index (χ4v) is 1.76. The summed E-state index contributed by atoms with van der Waals surface area (Å²) in [5.41, 5.74) is 0.514. The van der Waals surface area contributed by atoms with Gasteiger partial charge in [-0.2, -0.15) is 0 Å². The van der Waals surface area contributed by atoms with Crippen LogP contribution in [0.2, 0.25) is 0 Å².